The summed E-state index contributed by atoms with van der Waals surface area (Å²) in [6, 6.07) is 0.350. The van der Waals surface area contributed by atoms with Crippen LogP contribution in [0.25, 0.3) is 0 Å². The minimum atomic E-state index is -0.0186. The first-order chi connectivity index (χ1) is 7.90. The van der Waals surface area contributed by atoms with Crippen LogP contribution in [-0.2, 0) is 4.79 Å². The van der Waals surface area contributed by atoms with Crippen LogP contribution in [0.15, 0.2) is 0 Å². The Hall–Kier alpha value is -0.570. The van der Waals surface area contributed by atoms with Gasteiger partial charge >= 0.3 is 0 Å². The SMILES string of the molecule is CC(C)C(N)CC(=O)NC1CCC(C)C(C)C1. The highest BCUT2D eigenvalue weighted by molar-refractivity contribution is 5.76. The topological polar surface area (TPSA) is 55.1 Å². The Morgan fingerprint density at radius 2 is 1.94 bits per heavy atom. The lowest BCUT2D eigenvalue weighted by molar-refractivity contribution is -0.122. The molecule has 3 N–H and O–H groups in total. The summed E-state index contributed by atoms with van der Waals surface area (Å²) in [5.41, 5.74) is 5.91. The van der Waals surface area contributed by atoms with Gasteiger partial charge in [-0.15, -0.1) is 0 Å². The van der Waals surface area contributed by atoms with E-state index in [1.54, 1.807) is 0 Å². The van der Waals surface area contributed by atoms with E-state index in [1.807, 2.05) is 0 Å². The minimum absolute atomic E-state index is 0.0186. The molecule has 0 radical (unpaired) electrons. The number of hydrogen-bond donors (Lipinski definition) is 2. The molecule has 0 aromatic carbocycles. The second-order valence-electron chi connectivity index (χ2n) is 6.14. The summed E-state index contributed by atoms with van der Waals surface area (Å²) >= 11 is 0. The van der Waals surface area contributed by atoms with Crippen LogP contribution < -0.4 is 11.1 Å². The lowest BCUT2D eigenvalue weighted by Crippen LogP contribution is -2.42. The number of carbonyl (C=O) groups is 1. The lowest BCUT2D eigenvalue weighted by Gasteiger charge is -2.32. The quantitative estimate of drug-likeness (QED) is 0.792. The summed E-state index contributed by atoms with van der Waals surface area (Å²) in [6.45, 7) is 8.70. The van der Waals surface area contributed by atoms with E-state index in [1.165, 1.54) is 6.42 Å². The molecule has 0 aliphatic heterocycles. The summed E-state index contributed by atoms with van der Waals surface area (Å²) in [5.74, 6) is 2.00. The Kier molecular flexibility index (Phi) is 5.44. The van der Waals surface area contributed by atoms with Gasteiger partial charge < -0.3 is 11.1 Å². The molecule has 1 aliphatic carbocycles. The summed E-state index contributed by atoms with van der Waals surface area (Å²) in [6.07, 6.45) is 3.92. The first kappa shape index (κ1) is 14.5. The van der Waals surface area contributed by atoms with Crippen LogP contribution >= 0.6 is 0 Å². The van der Waals surface area contributed by atoms with E-state index in [4.69, 9.17) is 5.73 Å². The third-order valence-electron chi connectivity index (χ3n) is 4.24. The van der Waals surface area contributed by atoms with Crippen molar-refractivity contribution in [1.29, 1.82) is 0 Å². The van der Waals surface area contributed by atoms with E-state index in [0.29, 0.717) is 24.3 Å². The molecule has 0 heterocycles. The minimum Gasteiger partial charge on any atom is -0.353 e. The van der Waals surface area contributed by atoms with Crippen molar-refractivity contribution in [2.75, 3.05) is 0 Å². The maximum absolute atomic E-state index is 11.8. The monoisotopic (exact) mass is 240 g/mol. The zero-order chi connectivity index (χ0) is 13.0. The maximum Gasteiger partial charge on any atom is 0.221 e. The summed E-state index contributed by atoms with van der Waals surface area (Å²) < 4.78 is 0. The summed E-state index contributed by atoms with van der Waals surface area (Å²) in [4.78, 5) is 11.8. The molecule has 0 spiro atoms. The van der Waals surface area contributed by atoms with Crippen molar-refractivity contribution in [1.82, 2.24) is 5.32 Å². The fourth-order valence-corrected chi connectivity index (χ4v) is 2.42. The predicted molar refractivity (Wildman–Crippen MR) is 71.5 cm³/mol. The van der Waals surface area contributed by atoms with Gasteiger partial charge in [0.2, 0.25) is 5.91 Å². The van der Waals surface area contributed by atoms with Gasteiger partial charge in [-0.05, 0) is 37.0 Å². The highest BCUT2D eigenvalue weighted by Gasteiger charge is 2.25. The number of nitrogens with one attached hydrogen (secondary N) is 1. The molecule has 4 unspecified atom stereocenters. The van der Waals surface area contributed by atoms with E-state index >= 15 is 0 Å². The number of carbonyl (C=O) groups excluding carboxylic acids is 1. The van der Waals surface area contributed by atoms with Crippen LogP contribution in [0.5, 0.6) is 0 Å². The second-order valence-corrected chi connectivity index (χ2v) is 6.14. The molecule has 3 heteroatoms. The Labute approximate surface area is 106 Å². The zero-order valence-electron chi connectivity index (χ0n) is 11.7. The van der Waals surface area contributed by atoms with Crippen molar-refractivity contribution in [2.45, 2.75) is 65.5 Å². The van der Waals surface area contributed by atoms with Gasteiger partial charge in [0.15, 0.2) is 0 Å². The second kappa shape index (κ2) is 6.39. The fraction of sp³-hybridized carbons (Fsp3) is 0.929. The van der Waals surface area contributed by atoms with Crippen LogP contribution in [0.4, 0.5) is 0 Å². The van der Waals surface area contributed by atoms with Crippen molar-refractivity contribution in [2.24, 2.45) is 23.5 Å². The zero-order valence-corrected chi connectivity index (χ0v) is 11.7. The molecule has 4 atom stereocenters. The average molecular weight is 240 g/mol. The number of amides is 1. The molecule has 1 fully saturated rings. The predicted octanol–water partition coefficient (Wildman–Crippen LogP) is 2.30. The lowest BCUT2D eigenvalue weighted by atomic mass is 9.79. The van der Waals surface area contributed by atoms with Crippen molar-refractivity contribution >= 4 is 5.91 Å². The van der Waals surface area contributed by atoms with E-state index in [9.17, 15) is 4.79 Å². The highest BCUT2D eigenvalue weighted by atomic mass is 16.1. The summed E-state index contributed by atoms with van der Waals surface area (Å²) in [5, 5.41) is 3.14. The fourth-order valence-electron chi connectivity index (χ4n) is 2.42. The van der Waals surface area contributed by atoms with Gasteiger partial charge in [0.05, 0.1) is 0 Å². The molecule has 0 saturated heterocycles. The number of hydrogen-bond acceptors (Lipinski definition) is 2. The number of rotatable bonds is 4. The molecular weight excluding hydrogens is 212 g/mol. The molecule has 17 heavy (non-hydrogen) atoms. The van der Waals surface area contributed by atoms with Gasteiger partial charge in [-0.25, -0.2) is 0 Å². The van der Waals surface area contributed by atoms with Gasteiger partial charge in [0, 0.05) is 18.5 Å². The Bertz CT molecular complexity index is 253. The third kappa shape index (κ3) is 4.66. The van der Waals surface area contributed by atoms with E-state index in [0.717, 1.165) is 18.8 Å². The van der Waals surface area contributed by atoms with Crippen molar-refractivity contribution in [3.8, 4) is 0 Å². The van der Waals surface area contributed by atoms with Gasteiger partial charge in [0.25, 0.3) is 0 Å². The largest absolute Gasteiger partial charge is 0.353 e. The molecule has 3 nitrogen and oxygen atoms in total. The smallest absolute Gasteiger partial charge is 0.221 e. The molecule has 1 aliphatic rings. The van der Waals surface area contributed by atoms with Crippen molar-refractivity contribution < 1.29 is 4.79 Å². The van der Waals surface area contributed by atoms with Gasteiger partial charge in [-0.2, -0.15) is 0 Å². The van der Waals surface area contributed by atoms with Crippen LogP contribution in [0.3, 0.4) is 0 Å². The molecule has 1 saturated carbocycles. The van der Waals surface area contributed by atoms with E-state index in [-0.39, 0.29) is 11.9 Å². The van der Waals surface area contributed by atoms with Crippen LogP contribution in [0, 0.1) is 17.8 Å². The van der Waals surface area contributed by atoms with E-state index in [2.05, 4.69) is 33.0 Å². The first-order valence-electron chi connectivity index (χ1n) is 6.95. The standard InChI is InChI=1S/C14H28N2O/c1-9(2)13(15)8-14(17)16-12-6-5-10(3)11(4)7-12/h9-13H,5-8,15H2,1-4H3,(H,16,17). The Balaban J connectivity index is 2.32. The van der Waals surface area contributed by atoms with Crippen molar-refractivity contribution in [3.63, 3.8) is 0 Å². The maximum atomic E-state index is 11.8. The van der Waals surface area contributed by atoms with Gasteiger partial charge in [0.1, 0.15) is 0 Å². The third-order valence-corrected chi connectivity index (χ3v) is 4.24. The normalized spacial score (nSPS) is 31.3. The average Bonchev–Trinajstić information content (AvgIpc) is 2.23. The molecule has 1 rings (SSSR count). The molecule has 100 valence electrons. The van der Waals surface area contributed by atoms with Crippen LogP contribution in [-0.4, -0.2) is 18.0 Å². The van der Waals surface area contributed by atoms with Gasteiger partial charge in [-0.3, -0.25) is 4.79 Å². The van der Waals surface area contributed by atoms with Crippen LogP contribution in [0.1, 0.15) is 53.4 Å². The summed E-state index contributed by atoms with van der Waals surface area (Å²) in [7, 11) is 0. The molecular formula is C14H28N2O. The Morgan fingerprint density at radius 3 is 2.47 bits per heavy atom. The first-order valence-corrected chi connectivity index (χ1v) is 6.95. The molecule has 0 aromatic heterocycles. The Morgan fingerprint density at radius 1 is 1.29 bits per heavy atom. The van der Waals surface area contributed by atoms with E-state index < -0.39 is 0 Å². The highest BCUT2D eigenvalue weighted by Crippen LogP contribution is 2.29. The van der Waals surface area contributed by atoms with Gasteiger partial charge in [-0.1, -0.05) is 27.7 Å². The molecule has 0 bridgehead atoms. The molecule has 0 aromatic rings. The van der Waals surface area contributed by atoms with Crippen molar-refractivity contribution in [3.05, 3.63) is 0 Å². The van der Waals surface area contributed by atoms with Crippen LogP contribution in [0.2, 0.25) is 0 Å². The molecule has 1 amide bonds. The number of nitrogens with two attached hydrogens (primary N) is 1.